The van der Waals surface area contributed by atoms with Gasteiger partial charge in [-0.2, -0.15) is 0 Å². The van der Waals surface area contributed by atoms with Gasteiger partial charge in [0.25, 0.3) is 0 Å². The van der Waals surface area contributed by atoms with Crippen molar-refractivity contribution in [2.45, 2.75) is 19.9 Å². The quantitative estimate of drug-likeness (QED) is 0.418. The molecule has 0 rings (SSSR count). The molecule has 0 aromatic heterocycles. The Morgan fingerprint density at radius 3 is 2.46 bits per heavy atom. The molecule has 74 valence electrons. The summed E-state index contributed by atoms with van der Waals surface area (Å²) in [6, 6.07) is 0.333. The fraction of sp³-hybridized carbons (Fsp3) is 0.444. The zero-order valence-corrected chi connectivity index (χ0v) is 9.34. The van der Waals surface area contributed by atoms with Gasteiger partial charge in [-0.1, -0.05) is 41.6 Å². The molecule has 0 bridgehead atoms. The van der Waals surface area contributed by atoms with Gasteiger partial charge in [-0.05, 0) is 12.1 Å². The molecule has 0 heterocycles. The molecule has 0 saturated heterocycles. The van der Waals surface area contributed by atoms with Crippen LogP contribution in [0.4, 0.5) is 0 Å². The molecule has 4 heteroatoms. The molecular weight excluding hydrogens is 234 g/mol. The predicted octanol–water partition coefficient (Wildman–Crippen LogP) is 1.38. The third-order valence-electron chi connectivity index (χ3n) is 0.478. The van der Waals surface area contributed by atoms with Crippen LogP contribution in [-0.4, -0.2) is 22.4 Å². The third-order valence-corrected chi connectivity index (χ3v) is 0.758. The lowest BCUT2D eigenvalue weighted by Gasteiger charge is -1.81. The molecule has 0 spiro atoms. The number of hydrogen-bond acceptors (Lipinski definition) is 2. The summed E-state index contributed by atoms with van der Waals surface area (Å²) in [7, 11) is 0. The van der Waals surface area contributed by atoms with Crippen LogP contribution in [0.3, 0.4) is 0 Å². The predicted molar refractivity (Wildman–Crippen MR) is 57.7 cm³/mol. The Morgan fingerprint density at radius 2 is 2.15 bits per heavy atom. The molecule has 0 amide bonds. The van der Waals surface area contributed by atoms with Crippen LogP contribution in [0.5, 0.6) is 0 Å². The molecule has 0 unspecified atom stereocenters. The lowest BCUT2D eigenvalue weighted by Crippen LogP contribution is -2.06. The number of hydrogen-bond donors (Lipinski definition) is 2. The van der Waals surface area contributed by atoms with E-state index in [0.29, 0.717) is 11.4 Å². The van der Waals surface area contributed by atoms with E-state index in [2.05, 4.69) is 27.8 Å². The van der Waals surface area contributed by atoms with Gasteiger partial charge in [0.1, 0.15) is 0 Å². The van der Waals surface area contributed by atoms with Gasteiger partial charge in [-0.15, -0.1) is 0 Å². The monoisotopic (exact) mass is 247 g/mol. The van der Waals surface area contributed by atoms with Gasteiger partial charge in [0, 0.05) is 6.08 Å². The highest BCUT2D eigenvalue weighted by Gasteiger charge is 1.79. The van der Waals surface area contributed by atoms with Gasteiger partial charge in [0.05, 0.1) is 5.33 Å². The number of carboxylic acids is 1. The number of aliphatic carboxylic acids is 1. The molecule has 0 atom stereocenters. The number of rotatable bonds is 1. The van der Waals surface area contributed by atoms with Crippen LogP contribution >= 0.6 is 15.9 Å². The van der Waals surface area contributed by atoms with Crippen molar-refractivity contribution in [3.05, 3.63) is 12.2 Å². The van der Waals surface area contributed by atoms with Crippen LogP contribution in [0.25, 0.3) is 0 Å². The van der Waals surface area contributed by atoms with Crippen molar-refractivity contribution < 1.29 is 9.90 Å². The van der Waals surface area contributed by atoms with Crippen LogP contribution in [0, 0.1) is 11.8 Å². The summed E-state index contributed by atoms with van der Waals surface area (Å²) in [6.45, 7) is 3.89. The first-order chi connectivity index (χ1) is 6.00. The van der Waals surface area contributed by atoms with Crippen molar-refractivity contribution in [3.8, 4) is 11.8 Å². The Labute approximate surface area is 87.1 Å². The number of halogens is 1. The molecule has 0 aliphatic rings. The molecule has 0 aliphatic carbocycles. The van der Waals surface area contributed by atoms with Gasteiger partial charge >= 0.3 is 5.97 Å². The van der Waals surface area contributed by atoms with Crippen LogP contribution in [-0.2, 0) is 4.79 Å². The summed E-state index contributed by atoms with van der Waals surface area (Å²) < 4.78 is 0. The Kier molecular flexibility index (Phi) is 12.7. The van der Waals surface area contributed by atoms with E-state index in [9.17, 15) is 4.79 Å². The van der Waals surface area contributed by atoms with Crippen molar-refractivity contribution in [3.63, 3.8) is 0 Å². The van der Waals surface area contributed by atoms with E-state index < -0.39 is 5.97 Å². The minimum atomic E-state index is -0.973. The Hall–Kier alpha value is -0.790. The van der Waals surface area contributed by atoms with Gasteiger partial charge in [0.2, 0.25) is 0 Å². The lowest BCUT2D eigenvalue weighted by molar-refractivity contribution is -0.131. The zero-order valence-electron chi connectivity index (χ0n) is 7.75. The summed E-state index contributed by atoms with van der Waals surface area (Å²) in [5.74, 6) is 4.15. The van der Waals surface area contributed by atoms with Crippen LogP contribution in [0.1, 0.15) is 13.8 Å². The van der Waals surface area contributed by atoms with Crippen LogP contribution in [0.15, 0.2) is 12.2 Å². The number of carbonyl (C=O) groups is 1. The van der Waals surface area contributed by atoms with Crippen molar-refractivity contribution in [1.82, 2.24) is 0 Å². The first-order valence-electron chi connectivity index (χ1n) is 3.70. The zero-order chi connectivity index (χ0) is 10.7. The largest absolute Gasteiger partial charge is 0.478 e. The number of alkyl halides is 1. The molecule has 0 radical (unpaired) electrons. The highest BCUT2D eigenvalue weighted by atomic mass is 79.9. The van der Waals surface area contributed by atoms with Crippen molar-refractivity contribution in [2.24, 2.45) is 5.73 Å². The average Bonchev–Trinajstić information content (AvgIpc) is 1.97. The number of carboxylic acid groups (broad SMARTS) is 1. The van der Waals surface area contributed by atoms with E-state index in [4.69, 9.17) is 10.8 Å². The maximum atomic E-state index is 9.80. The summed E-state index contributed by atoms with van der Waals surface area (Å²) in [5, 5.41) is 8.61. The first-order valence-corrected chi connectivity index (χ1v) is 4.82. The molecule has 13 heavy (non-hydrogen) atoms. The molecular formula is C9H14BrNO2. The summed E-state index contributed by atoms with van der Waals surface area (Å²) in [5.41, 5.74) is 5.11. The smallest absolute Gasteiger partial charge is 0.328 e. The number of allylic oxidation sites excluding steroid dienone is 1. The summed E-state index contributed by atoms with van der Waals surface area (Å²) >= 11 is 3.06. The highest BCUT2D eigenvalue weighted by molar-refractivity contribution is 9.09. The van der Waals surface area contributed by atoms with E-state index >= 15 is 0 Å². The second kappa shape index (κ2) is 11.2. The minimum Gasteiger partial charge on any atom is -0.478 e. The SMILES string of the molecule is CC(C)N.O=C(O)C=CC#CCBr. The molecule has 0 fully saturated rings. The third kappa shape index (κ3) is 35.0. The fourth-order valence-electron chi connectivity index (χ4n) is 0.210. The molecule has 0 aliphatic heterocycles. The molecule has 3 N–H and O–H groups in total. The maximum absolute atomic E-state index is 9.80. The normalized spacial score (nSPS) is 8.69. The minimum absolute atomic E-state index is 0.333. The first kappa shape index (κ1) is 14.7. The van der Waals surface area contributed by atoms with Crippen molar-refractivity contribution >= 4 is 21.9 Å². The standard InChI is InChI=1S/C6H5BrO2.C3H9N/c7-5-3-1-2-4-6(8)9;1-3(2)4/h2,4H,5H2,(H,8,9);3H,4H2,1-2H3. The molecule has 0 aromatic rings. The average molecular weight is 248 g/mol. The number of nitrogens with two attached hydrogens (primary N) is 1. The van der Waals surface area contributed by atoms with Crippen molar-refractivity contribution in [2.75, 3.05) is 5.33 Å². The Bertz CT molecular complexity index is 211. The van der Waals surface area contributed by atoms with E-state index in [0.717, 1.165) is 6.08 Å². The van der Waals surface area contributed by atoms with Gasteiger partial charge in [0.15, 0.2) is 0 Å². The van der Waals surface area contributed by atoms with Crippen molar-refractivity contribution in [1.29, 1.82) is 0 Å². The second-order valence-corrected chi connectivity index (χ2v) is 2.93. The van der Waals surface area contributed by atoms with Crippen LogP contribution in [0.2, 0.25) is 0 Å². The molecule has 0 aromatic carbocycles. The molecule has 3 nitrogen and oxygen atoms in total. The maximum Gasteiger partial charge on any atom is 0.328 e. The van der Waals surface area contributed by atoms with E-state index in [1.54, 1.807) is 0 Å². The highest BCUT2D eigenvalue weighted by Crippen LogP contribution is 1.74. The topological polar surface area (TPSA) is 63.3 Å². The van der Waals surface area contributed by atoms with Gasteiger partial charge < -0.3 is 10.8 Å². The Balaban J connectivity index is 0. The van der Waals surface area contributed by atoms with E-state index in [1.807, 2.05) is 13.8 Å². The summed E-state index contributed by atoms with van der Waals surface area (Å²) in [6.07, 6.45) is 2.29. The van der Waals surface area contributed by atoms with E-state index in [-0.39, 0.29) is 0 Å². The second-order valence-electron chi connectivity index (χ2n) is 2.37. The van der Waals surface area contributed by atoms with Gasteiger partial charge in [-0.3, -0.25) is 0 Å². The fourth-order valence-corrected chi connectivity index (χ4v) is 0.372. The van der Waals surface area contributed by atoms with Gasteiger partial charge in [-0.25, -0.2) is 4.79 Å². The van der Waals surface area contributed by atoms with E-state index in [1.165, 1.54) is 6.08 Å². The Morgan fingerprint density at radius 1 is 1.69 bits per heavy atom. The molecule has 0 saturated carbocycles. The summed E-state index contributed by atoms with van der Waals surface area (Å²) in [4.78, 5) is 9.80. The lowest BCUT2D eigenvalue weighted by atomic mass is 10.5. The van der Waals surface area contributed by atoms with Crippen LogP contribution < -0.4 is 5.73 Å².